The first kappa shape index (κ1) is 12.2. The van der Waals surface area contributed by atoms with Crippen LogP contribution in [0.1, 0.15) is 11.1 Å². The Morgan fingerprint density at radius 1 is 0.800 bits per heavy atom. The van der Waals surface area contributed by atoms with Crippen LogP contribution in [-0.2, 0) is 12.4 Å². The van der Waals surface area contributed by atoms with E-state index in [1.165, 1.54) is 0 Å². The quantitative estimate of drug-likeness (QED) is 0.598. The molecule has 0 fully saturated rings. The number of alkyl halides is 6. The van der Waals surface area contributed by atoms with Crippen molar-refractivity contribution < 1.29 is 26.3 Å². The fourth-order valence-corrected chi connectivity index (χ4v) is 1.31. The van der Waals surface area contributed by atoms with Crippen LogP contribution in [0.4, 0.5) is 26.3 Å². The zero-order chi connectivity index (χ0) is 11.9. The Bertz CT molecular complexity index is 332. The smallest absolute Gasteiger partial charge is 0.166 e. The summed E-state index contributed by atoms with van der Waals surface area (Å²) < 4.78 is 73.0. The number of halogens is 7. The zero-order valence-corrected chi connectivity index (χ0v) is 7.63. The molecule has 0 atom stereocenters. The Morgan fingerprint density at radius 2 is 1.13 bits per heavy atom. The predicted molar refractivity (Wildman–Crippen MR) is 41.5 cm³/mol. The van der Waals surface area contributed by atoms with Crippen molar-refractivity contribution >= 4 is 11.6 Å². The van der Waals surface area contributed by atoms with Crippen LogP contribution in [0.15, 0.2) is 18.2 Å². The minimum atomic E-state index is -4.89. The normalized spacial score (nSPS) is 13.0. The molecular weight excluding hydrogens is 246 g/mol. The topological polar surface area (TPSA) is 0 Å². The number of benzene rings is 1. The van der Waals surface area contributed by atoms with Crippen LogP contribution in [-0.4, -0.2) is 0 Å². The molecule has 0 N–H and O–H groups in total. The van der Waals surface area contributed by atoms with Crippen LogP contribution in [0.2, 0.25) is 5.02 Å². The van der Waals surface area contributed by atoms with E-state index in [1.807, 2.05) is 0 Å². The van der Waals surface area contributed by atoms with Crippen LogP contribution in [0.5, 0.6) is 0 Å². The number of hydrogen-bond acceptors (Lipinski definition) is 0. The Morgan fingerprint density at radius 3 is 1.40 bits per heavy atom. The fourth-order valence-electron chi connectivity index (χ4n) is 0.970. The van der Waals surface area contributed by atoms with Gasteiger partial charge in [-0.3, -0.25) is 0 Å². The lowest BCUT2D eigenvalue weighted by Crippen LogP contribution is -2.12. The number of rotatable bonds is 0. The summed E-state index contributed by atoms with van der Waals surface area (Å²) in [5.41, 5.74) is -2.97. The maximum absolute atomic E-state index is 12.2. The molecule has 15 heavy (non-hydrogen) atoms. The highest BCUT2D eigenvalue weighted by Gasteiger charge is 2.39. The third kappa shape index (κ3) is 2.56. The summed E-state index contributed by atoms with van der Waals surface area (Å²) in [6.07, 6.45) is -9.78. The van der Waals surface area contributed by atoms with E-state index < -0.39 is 28.5 Å². The van der Waals surface area contributed by atoms with Gasteiger partial charge < -0.3 is 0 Å². The van der Waals surface area contributed by atoms with E-state index in [-0.39, 0.29) is 0 Å². The van der Waals surface area contributed by atoms with Crippen molar-refractivity contribution in [3.05, 3.63) is 34.3 Å². The molecule has 0 aliphatic rings. The molecule has 0 amide bonds. The van der Waals surface area contributed by atoms with Crippen molar-refractivity contribution in [1.82, 2.24) is 0 Å². The monoisotopic (exact) mass is 248 g/mol. The molecule has 1 aromatic rings. The van der Waals surface area contributed by atoms with Crippen molar-refractivity contribution in [1.29, 1.82) is 0 Å². The van der Waals surface area contributed by atoms with Gasteiger partial charge in [0.1, 0.15) is 0 Å². The van der Waals surface area contributed by atoms with Crippen LogP contribution in [0.3, 0.4) is 0 Å². The van der Waals surface area contributed by atoms with Gasteiger partial charge in [0.05, 0.1) is 16.1 Å². The SMILES string of the molecule is FC(F)(F)c1cccc(C(F)(F)F)c1Cl. The average Bonchev–Trinajstić information content (AvgIpc) is 1.99. The van der Waals surface area contributed by atoms with Gasteiger partial charge in [-0.2, -0.15) is 26.3 Å². The molecular formula is C8H3ClF6. The molecule has 0 aromatic heterocycles. The molecule has 0 aliphatic heterocycles. The van der Waals surface area contributed by atoms with E-state index in [4.69, 9.17) is 11.6 Å². The van der Waals surface area contributed by atoms with Crippen LogP contribution < -0.4 is 0 Å². The molecule has 0 unspecified atom stereocenters. The Balaban J connectivity index is 3.37. The highest BCUT2D eigenvalue weighted by atomic mass is 35.5. The van der Waals surface area contributed by atoms with Gasteiger partial charge in [0.15, 0.2) is 0 Å². The third-order valence-electron chi connectivity index (χ3n) is 1.61. The molecule has 0 spiro atoms. The van der Waals surface area contributed by atoms with Gasteiger partial charge in [-0.15, -0.1) is 0 Å². The lowest BCUT2D eigenvalue weighted by atomic mass is 10.1. The average molecular weight is 249 g/mol. The second-order valence-electron chi connectivity index (χ2n) is 2.66. The minimum Gasteiger partial charge on any atom is -0.166 e. The molecule has 0 nitrogen and oxygen atoms in total. The van der Waals surface area contributed by atoms with Gasteiger partial charge >= 0.3 is 12.4 Å². The Kier molecular flexibility index (Phi) is 2.91. The highest BCUT2D eigenvalue weighted by molar-refractivity contribution is 6.32. The van der Waals surface area contributed by atoms with Gasteiger partial charge in [0, 0.05) is 0 Å². The second kappa shape index (κ2) is 3.59. The van der Waals surface area contributed by atoms with Gasteiger partial charge in [-0.1, -0.05) is 17.7 Å². The van der Waals surface area contributed by atoms with Gasteiger partial charge in [0.25, 0.3) is 0 Å². The summed E-state index contributed by atoms with van der Waals surface area (Å²) in [4.78, 5) is 0. The molecule has 0 bridgehead atoms. The van der Waals surface area contributed by atoms with Gasteiger partial charge in [-0.25, -0.2) is 0 Å². The largest absolute Gasteiger partial charge is 0.417 e. The molecule has 0 heterocycles. The molecule has 1 rings (SSSR count). The molecule has 7 heteroatoms. The van der Waals surface area contributed by atoms with E-state index in [0.717, 1.165) is 0 Å². The first-order valence-electron chi connectivity index (χ1n) is 3.57. The summed E-state index contributed by atoms with van der Waals surface area (Å²) in [7, 11) is 0. The second-order valence-corrected chi connectivity index (χ2v) is 3.04. The lowest BCUT2D eigenvalue weighted by Gasteiger charge is -2.13. The van der Waals surface area contributed by atoms with Gasteiger partial charge in [0.2, 0.25) is 0 Å². The molecule has 0 saturated heterocycles. The predicted octanol–water partition coefficient (Wildman–Crippen LogP) is 4.38. The first-order valence-corrected chi connectivity index (χ1v) is 3.94. The maximum atomic E-state index is 12.2. The standard InChI is InChI=1S/C8H3ClF6/c9-6-4(7(10,11)12)2-1-3-5(6)8(13,14)15/h1-3H. The zero-order valence-electron chi connectivity index (χ0n) is 6.88. The van der Waals surface area contributed by atoms with E-state index in [1.54, 1.807) is 0 Å². The third-order valence-corrected chi connectivity index (χ3v) is 2.02. The first-order chi connectivity index (χ1) is 6.64. The molecule has 1 aromatic carbocycles. The van der Waals surface area contributed by atoms with Crippen molar-refractivity contribution in [2.45, 2.75) is 12.4 Å². The molecule has 0 aliphatic carbocycles. The van der Waals surface area contributed by atoms with Crippen molar-refractivity contribution in [2.24, 2.45) is 0 Å². The van der Waals surface area contributed by atoms with Crippen LogP contribution in [0, 0.1) is 0 Å². The van der Waals surface area contributed by atoms with Crippen LogP contribution in [0.25, 0.3) is 0 Å². The summed E-state index contributed by atoms with van der Waals surface area (Å²) in [5.74, 6) is 0. The molecule has 0 saturated carbocycles. The maximum Gasteiger partial charge on any atom is 0.417 e. The van der Waals surface area contributed by atoms with E-state index >= 15 is 0 Å². The summed E-state index contributed by atoms with van der Waals surface area (Å²) in [6, 6.07) is 1.66. The van der Waals surface area contributed by atoms with Crippen molar-refractivity contribution in [2.75, 3.05) is 0 Å². The van der Waals surface area contributed by atoms with Gasteiger partial charge in [-0.05, 0) is 12.1 Å². The lowest BCUT2D eigenvalue weighted by molar-refractivity contribution is -0.142. The Hall–Kier alpha value is -0.910. The van der Waals surface area contributed by atoms with E-state index in [0.29, 0.717) is 18.2 Å². The highest BCUT2D eigenvalue weighted by Crippen LogP contribution is 2.41. The molecule has 84 valence electrons. The summed E-state index contributed by atoms with van der Waals surface area (Å²) >= 11 is 5.04. The van der Waals surface area contributed by atoms with Crippen LogP contribution >= 0.6 is 11.6 Å². The van der Waals surface area contributed by atoms with E-state index in [2.05, 4.69) is 0 Å². The van der Waals surface area contributed by atoms with E-state index in [9.17, 15) is 26.3 Å². The Labute approximate surface area is 85.5 Å². The number of hydrogen-bond donors (Lipinski definition) is 0. The minimum absolute atomic E-state index is 0.498. The van der Waals surface area contributed by atoms with Crippen molar-refractivity contribution in [3.63, 3.8) is 0 Å². The van der Waals surface area contributed by atoms with Crippen molar-refractivity contribution in [3.8, 4) is 0 Å². The fraction of sp³-hybridized carbons (Fsp3) is 0.250. The summed E-state index contributed by atoms with van der Waals surface area (Å²) in [6.45, 7) is 0. The molecule has 0 radical (unpaired) electrons. The summed E-state index contributed by atoms with van der Waals surface area (Å²) in [5, 5.41) is -1.32.